The highest BCUT2D eigenvalue weighted by atomic mass is 35.5. The molecule has 0 saturated heterocycles. The first-order valence-corrected chi connectivity index (χ1v) is 6.76. The molecule has 0 bridgehead atoms. The lowest BCUT2D eigenvalue weighted by Gasteiger charge is -2.28. The number of hydrogen-bond donors (Lipinski definition) is 1. The van der Waals surface area contributed by atoms with Gasteiger partial charge in [-0.25, -0.2) is 4.79 Å². The van der Waals surface area contributed by atoms with Gasteiger partial charge in [0, 0.05) is 19.6 Å². The van der Waals surface area contributed by atoms with Crippen LogP contribution < -0.4 is 4.90 Å². The van der Waals surface area contributed by atoms with E-state index in [9.17, 15) is 9.90 Å². The molecule has 0 aliphatic heterocycles. The minimum absolute atomic E-state index is 0.264. The molecular formula is C14H21ClN2O2. The standard InChI is InChI=1S/C14H21ClN2O2/c1-4-8-17(10-9-16(2)3)13-11(14(18)19)6-5-7-12(13)15/h5-7H,4,8-10H2,1-3H3,(H,18,19). The number of hydrogen-bond acceptors (Lipinski definition) is 3. The maximum Gasteiger partial charge on any atom is 0.337 e. The fraction of sp³-hybridized carbons (Fsp3) is 0.500. The molecule has 0 unspecified atom stereocenters. The van der Waals surface area contributed by atoms with E-state index in [1.807, 2.05) is 19.0 Å². The second-order valence-electron chi connectivity index (χ2n) is 4.73. The molecule has 5 heteroatoms. The van der Waals surface area contributed by atoms with Crippen molar-refractivity contribution in [3.8, 4) is 0 Å². The van der Waals surface area contributed by atoms with Crippen LogP contribution in [0.25, 0.3) is 0 Å². The van der Waals surface area contributed by atoms with Crippen molar-refractivity contribution in [3.63, 3.8) is 0 Å². The van der Waals surface area contributed by atoms with Crippen molar-refractivity contribution in [2.24, 2.45) is 0 Å². The van der Waals surface area contributed by atoms with Crippen molar-refractivity contribution < 1.29 is 9.90 Å². The van der Waals surface area contributed by atoms with Gasteiger partial charge in [0.05, 0.1) is 16.3 Å². The smallest absolute Gasteiger partial charge is 0.337 e. The molecule has 1 rings (SSSR count). The summed E-state index contributed by atoms with van der Waals surface area (Å²) in [6.45, 7) is 4.47. The lowest BCUT2D eigenvalue weighted by Crippen LogP contribution is -2.33. The van der Waals surface area contributed by atoms with Gasteiger partial charge in [-0.1, -0.05) is 24.6 Å². The Balaban J connectivity index is 3.09. The van der Waals surface area contributed by atoms with Crippen molar-refractivity contribution in [2.45, 2.75) is 13.3 Å². The zero-order valence-electron chi connectivity index (χ0n) is 11.7. The number of aromatic carboxylic acids is 1. The molecule has 1 aromatic carbocycles. The molecule has 0 saturated carbocycles. The summed E-state index contributed by atoms with van der Waals surface area (Å²) in [4.78, 5) is 15.4. The Labute approximate surface area is 119 Å². The number of benzene rings is 1. The van der Waals surface area contributed by atoms with Crippen LogP contribution in [0.15, 0.2) is 18.2 Å². The highest BCUT2D eigenvalue weighted by Crippen LogP contribution is 2.30. The highest BCUT2D eigenvalue weighted by Gasteiger charge is 2.18. The van der Waals surface area contributed by atoms with Crippen LogP contribution >= 0.6 is 11.6 Å². The predicted octanol–water partition coefficient (Wildman–Crippen LogP) is 2.82. The SMILES string of the molecule is CCCN(CCN(C)C)c1c(Cl)cccc1C(=O)O. The Hall–Kier alpha value is -1.26. The Kier molecular flexibility index (Phi) is 6.12. The Bertz CT molecular complexity index is 435. The third kappa shape index (κ3) is 4.40. The van der Waals surface area contributed by atoms with E-state index in [2.05, 4.69) is 11.8 Å². The van der Waals surface area contributed by atoms with Crippen LogP contribution in [-0.4, -0.2) is 49.7 Å². The number of nitrogens with zero attached hydrogens (tertiary/aromatic N) is 2. The number of carboxylic acids is 1. The minimum Gasteiger partial charge on any atom is -0.478 e. The summed E-state index contributed by atoms with van der Waals surface area (Å²) in [5, 5.41) is 9.78. The van der Waals surface area contributed by atoms with Gasteiger partial charge in [0.25, 0.3) is 0 Å². The fourth-order valence-corrected chi connectivity index (χ4v) is 2.23. The molecule has 0 aliphatic carbocycles. The molecule has 0 amide bonds. The molecule has 0 spiro atoms. The monoisotopic (exact) mass is 284 g/mol. The number of halogens is 1. The van der Waals surface area contributed by atoms with Crippen LogP contribution in [0.3, 0.4) is 0 Å². The fourth-order valence-electron chi connectivity index (χ4n) is 1.94. The van der Waals surface area contributed by atoms with Gasteiger partial charge in [-0.15, -0.1) is 0 Å². The van der Waals surface area contributed by atoms with Crippen LogP contribution in [0, 0.1) is 0 Å². The second-order valence-corrected chi connectivity index (χ2v) is 5.14. The zero-order chi connectivity index (χ0) is 14.4. The average molecular weight is 285 g/mol. The summed E-state index contributed by atoms with van der Waals surface area (Å²) in [5.41, 5.74) is 0.889. The van der Waals surface area contributed by atoms with E-state index < -0.39 is 5.97 Å². The van der Waals surface area contributed by atoms with E-state index in [0.717, 1.165) is 26.1 Å². The lowest BCUT2D eigenvalue weighted by molar-refractivity contribution is 0.0697. The van der Waals surface area contributed by atoms with Gasteiger partial charge in [0.1, 0.15) is 0 Å². The molecule has 1 aromatic rings. The number of para-hydroxylation sites is 1. The molecule has 19 heavy (non-hydrogen) atoms. The van der Waals surface area contributed by atoms with Crippen molar-refractivity contribution in [1.82, 2.24) is 4.90 Å². The maximum atomic E-state index is 11.3. The third-order valence-corrected chi connectivity index (χ3v) is 3.15. The van der Waals surface area contributed by atoms with Crippen molar-refractivity contribution in [3.05, 3.63) is 28.8 Å². The van der Waals surface area contributed by atoms with Gasteiger partial charge in [-0.05, 0) is 32.6 Å². The van der Waals surface area contributed by atoms with Crippen LogP contribution in [-0.2, 0) is 0 Å². The predicted molar refractivity (Wildman–Crippen MR) is 79.5 cm³/mol. The summed E-state index contributed by atoms with van der Waals surface area (Å²) in [6.07, 6.45) is 0.942. The quantitative estimate of drug-likeness (QED) is 0.836. The molecule has 4 nitrogen and oxygen atoms in total. The summed E-state index contributed by atoms with van der Waals surface area (Å²) < 4.78 is 0. The minimum atomic E-state index is -0.941. The zero-order valence-corrected chi connectivity index (χ0v) is 12.4. The van der Waals surface area contributed by atoms with E-state index >= 15 is 0 Å². The van der Waals surface area contributed by atoms with E-state index in [-0.39, 0.29) is 5.56 Å². The van der Waals surface area contributed by atoms with Crippen molar-refractivity contribution >= 4 is 23.3 Å². The van der Waals surface area contributed by atoms with Crippen LogP contribution in [0.5, 0.6) is 0 Å². The first-order valence-electron chi connectivity index (χ1n) is 6.38. The first-order chi connectivity index (χ1) is 8.97. The number of rotatable bonds is 7. The van der Waals surface area contributed by atoms with E-state index in [0.29, 0.717) is 10.7 Å². The molecule has 0 aliphatic rings. The summed E-state index contributed by atoms with van der Waals surface area (Å²) in [5.74, 6) is -0.941. The second kappa shape index (κ2) is 7.36. The Morgan fingerprint density at radius 3 is 2.47 bits per heavy atom. The molecule has 106 valence electrons. The normalized spacial score (nSPS) is 10.8. The Morgan fingerprint density at radius 2 is 1.95 bits per heavy atom. The van der Waals surface area contributed by atoms with Crippen LogP contribution in [0.2, 0.25) is 5.02 Å². The molecule has 1 N–H and O–H groups in total. The summed E-state index contributed by atoms with van der Waals surface area (Å²) in [6, 6.07) is 5.01. The third-order valence-electron chi connectivity index (χ3n) is 2.84. The van der Waals surface area contributed by atoms with Crippen molar-refractivity contribution in [2.75, 3.05) is 38.6 Å². The first kappa shape index (κ1) is 15.8. The topological polar surface area (TPSA) is 43.8 Å². The number of likely N-dealkylation sites (N-methyl/N-ethyl adjacent to an activating group) is 1. The van der Waals surface area contributed by atoms with Gasteiger partial charge in [-0.3, -0.25) is 0 Å². The highest BCUT2D eigenvalue weighted by molar-refractivity contribution is 6.34. The molecule has 0 aromatic heterocycles. The van der Waals surface area contributed by atoms with Gasteiger partial charge in [0.2, 0.25) is 0 Å². The number of anilines is 1. The van der Waals surface area contributed by atoms with Crippen LogP contribution in [0.4, 0.5) is 5.69 Å². The number of carboxylic acid groups (broad SMARTS) is 1. The lowest BCUT2D eigenvalue weighted by atomic mass is 10.1. The molecule has 0 heterocycles. The van der Waals surface area contributed by atoms with E-state index in [1.165, 1.54) is 0 Å². The average Bonchev–Trinajstić information content (AvgIpc) is 2.34. The van der Waals surface area contributed by atoms with E-state index in [4.69, 9.17) is 11.6 Å². The van der Waals surface area contributed by atoms with Crippen molar-refractivity contribution in [1.29, 1.82) is 0 Å². The summed E-state index contributed by atoms with van der Waals surface area (Å²) in [7, 11) is 3.99. The van der Waals surface area contributed by atoms with Gasteiger partial charge < -0.3 is 14.9 Å². The van der Waals surface area contributed by atoms with Gasteiger partial charge >= 0.3 is 5.97 Å². The molecule has 0 atom stereocenters. The maximum absolute atomic E-state index is 11.3. The number of carbonyl (C=O) groups is 1. The molecular weight excluding hydrogens is 264 g/mol. The van der Waals surface area contributed by atoms with Crippen LogP contribution in [0.1, 0.15) is 23.7 Å². The molecule has 0 fully saturated rings. The van der Waals surface area contributed by atoms with E-state index in [1.54, 1.807) is 18.2 Å². The summed E-state index contributed by atoms with van der Waals surface area (Å²) >= 11 is 6.20. The van der Waals surface area contributed by atoms with Gasteiger partial charge in [0.15, 0.2) is 0 Å². The Morgan fingerprint density at radius 1 is 1.26 bits per heavy atom. The van der Waals surface area contributed by atoms with Gasteiger partial charge in [-0.2, -0.15) is 0 Å². The molecule has 0 radical (unpaired) electrons. The largest absolute Gasteiger partial charge is 0.478 e.